The molecular weight excluding hydrogens is 210 g/mol. The number of nitrogens with one attached hydrogen (secondary N) is 1. The van der Waals surface area contributed by atoms with E-state index in [-0.39, 0.29) is 6.10 Å². The Morgan fingerprint density at radius 2 is 2.20 bits per heavy atom. The van der Waals surface area contributed by atoms with E-state index in [2.05, 4.69) is 11.4 Å². The second-order valence-corrected chi connectivity index (χ2v) is 4.30. The number of piperidine rings is 1. The molecule has 15 heavy (non-hydrogen) atoms. The normalized spacial score (nSPS) is 26.5. The first-order valence-corrected chi connectivity index (χ1v) is 5.68. The lowest BCUT2D eigenvalue weighted by Gasteiger charge is -2.31. The van der Waals surface area contributed by atoms with Crippen molar-refractivity contribution < 1.29 is 4.74 Å². The van der Waals surface area contributed by atoms with E-state index in [0.717, 1.165) is 24.5 Å². The highest BCUT2D eigenvalue weighted by molar-refractivity contribution is 6.31. The Kier molecular flexibility index (Phi) is 3.62. The van der Waals surface area contributed by atoms with Gasteiger partial charge in [0.25, 0.3) is 0 Å². The topological polar surface area (TPSA) is 21.3 Å². The lowest BCUT2D eigenvalue weighted by molar-refractivity contribution is 0.0586. The van der Waals surface area contributed by atoms with E-state index in [9.17, 15) is 0 Å². The van der Waals surface area contributed by atoms with Gasteiger partial charge < -0.3 is 10.1 Å². The number of ether oxygens (including phenoxy) is 1. The van der Waals surface area contributed by atoms with Gasteiger partial charge in [-0.3, -0.25) is 0 Å². The molecule has 82 valence electrons. The van der Waals surface area contributed by atoms with Crippen LogP contribution in [0.1, 0.15) is 17.9 Å². The second-order valence-electron chi connectivity index (χ2n) is 3.89. The van der Waals surface area contributed by atoms with Gasteiger partial charge in [0.1, 0.15) is 0 Å². The molecule has 1 aromatic carbocycles. The Balaban J connectivity index is 2.24. The van der Waals surface area contributed by atoms with Crippen molar-refractivity contribution in [2.45, 2.75) is 18.4 Å². The minimum absolute atomic E-state index is 0.283. The first kappa shape index (κ1) is 10.9. The van der Waals surface area contributed by atoms with E-state index in [1.807, 2.05) is 18.2 Å². The van der Waals surface area contributed by atoms with Crippen molar-refractivity contribution in [3.63, 3.8) is 0 Å². The predicted molar refractivity (Wildman–Crippen MR) is 62.5 cm³/mol. The Bertz CT molecular complexity index is 329. The van der Waals surface area contributed by atoms with Crippen molar-refractivity contribution in [1.82, 2.24) is 5.32 Å². The lowest BCUT2D eigenvalue weighted by Crippen LogP contribution is -2.39. The zero-order valence-electron chi connectivity index (χ0n) is 8.87. The molecule has 2 atom stereocenters. The van der Waals surface area contributed by atoms with Crippen LogP contribution in [0.4, 0.5) is 0 Å². The molecule has 0 aliphatic carbocycles. The van der Waals surface area contributed by atoms with Crippen LogP contribution >= 0.6 is 11.6 Å². The van der Waals surface area contributed by atoms with Crippen LogP contribution in [0.5, 0.6) is 0 Å². The fraction of sp³-hybridized carbons (Fsp3) is 0.500. The van der Waals surface area contributed by atoms with Crippen molar-refractivity contribution in [1.29, 1.82) is 0 Å². The predicted octanol–water partition coefficient (Wildman–Crippen LogP) is 2.43. The zero-order valence-corrected chi connectivity index (χ0v) is 9.63. The van der Waals surface area contributed by atoms with E-state index in [0.29, 0.717) is 5.92 Å². The molecule has 1 N–H and O–H groups in total. The van der Waals surface area contributed by atoms with Crippen LogP contribution < -0.4 is 5.32 Å². The molecule has 1 fully saturated rings. The highest BCUT2D eigenvalue weighted by Crippen LogP contribution is 2.30. The van der Waals surface area contributed by atoms with Crippen LogP contribution in [0, 0.1) is 0 Å². The molecular formula is C12H16ClNO. The van der Waals surface area contributed by atoms with Crippen molar-refractivity contribution in [2.24, 2.45) is 0 Å². The van der Waals surface area contributed by atoms with E-state index in [4.69, 9.17) is 16.3 Å². The largest absolute Gasteiger partial charge is 0.381 e. The quantitative estimate of drug-likeness (QED) is 0.835. The summed E-state index contributed by atoms with van der Waals surface area (Å²) in [4.78, 5) is 0. The molecule has 1 saturated heterocycles. The van der Waals surface area contributed by atoms with Crippen LogP contribution in [0.25, 0.3) is 0 Å². The minimum Gasteiger partial charge on any atom is -0.381 e. The molecule has 0 aromatic heterocycles. The SMILES string of the molecule is COC1CCNCC1c1ccccc1Cl. The van der Waals surface area contributed by atoms with Crippen LogP contribution in [0.2, 0.25) is 5.02 Å². The summed E-state index contributed by atoms with van der Waals surface area (Å²) in [5.41, 5.74) is 1.19. The number of rotatable bonds is 2. The summed E-state index contributed by atoms with van der Waals surface area (Å²) in [7, 11) is 1.78. The average molecular weight is 226 g/mol. The van der Waals surface area contributed by atoms with Gasteiger partial charge in [0.15, 0.2) is 0 Å². The Morgan fingerprint density at radius 3 is 2.93 bits per heavy atom. The summed E-state index contributed by atoms with van der Waals surface area (Å²) in [6.45, 7) is 1.97. The van der Waals surface area contributed by atoms with E-state index in [1.165, 1.54) is 5.56 Å². The smallest absolute Gasteiger partial charge is 0.0664 e. The molecule has 3 heteroatoms. The summed E-state index contributed by atoms with van der Waals surface area (Å²) in [6, 6.07) is 8.02. The monoisotopic (exact) mass is 225 g/mol. The molecule has 2 nitrogen and oxygen atoms in total. The van der Waals surface area contributed by atoms with E-state index < -0.39 is 0 Å². The molecule has 1 aromatic rings. The molecule has 1 aliphatic rings. The van der Waals surface area contributed by atoms with Crippen molar-refractivity contribution in [2.75, 3.05) is 20.2 Å². The van der Waals surface area contributed by atoms with Gasteiger partial charge in [0, 0.05) is 24.6 Å². The maximum absolute atomic E-state index is 6.20. The van der Waals surface area contributed by atoms with E-state index >= 15 is 0 Å². The summed E-state index contributed by atoms with van der Waals surface area (Å²) < 4.78 is 5.51. The Labute approximate surface area is 95.6 Å². The molecule has 2 unspecified atom stereocenters. The molecule has 2 rings (SSSR count). The van der Waals surface area contributed by atoms with Gasteiger partial charge in [0.05, 0.1) is 6.10 Å². The Hall–Kier alpha value is -0.570. The standard InChI is InChI=1S/C12H16ClNO/c1-15-12-6-7-14-8-10(12)9-4-2-3-5-11(9)13/h2-5,10,12,14H,6-8H2,1H3. The molecule has 0 amide bonds. The highest BCUT2D eigenvalue weighted by atomic mass is 35.5. The van der Waals surface area contributed by atoms with Crippen LogP contribution in [-0.4, -0.2) is 26.3 Å². The first-order valence-electron chi connectivity index (χ1n) is 5.31. The van der Waals surface area contributed by atoms with Crippen molar-refractivity contribution in [3.05, 3.63) is 34.9 Å². The van der Waals surface area contributed by atoms with Crippen LogP contribution in [0.15, 0.2) is 24.3 Å². The number of hydrogen-bond donors (Lipinski definition) is 1. The van der Waals surface area contributed by atoms with Crippen molar-refractivity contribution >= 4 is 11.6 Å². The van der Waals surface area contributed by atoms with Gasteiger partial charge in [-0.1, -0.05) is 29.8 Å². The van der Waals surface area contributed by atoms with Gasteiger partial charge in [-0.05, 0) is 24.6 Å². The number of benzene rings is 1. The van der Waals surface area contributed by atoms with Gasteiger partial charge in [0.2, 0.25) is 0 Å². The number of hydrogen-bond acceptors (Lipinski definition) is 2. The molecule has 0 saturated carbocycles. The third-order valence-electron chi connectivity index (χ3n) is 3.03. The first-order chi connectivity index (χ1) is 7.33. The second kappa shape index (κ2) is 4.97. The van der Waals surface area contributed by atoms with Gasteiger partial charge >= 0.3 is 0 Å². The highest BCUT2D eigenvalue weighted by Gasteiger charge is 2.27. The molecule has 1 aliphatic heterocycles. The number of halogens is 1. The molecule has 0 radical (unpaired) electrons. The third kappa shape index (κ3) is 2.33. The Morgan fingerprint density at radius 1 is 1.40 bits per heavy atom. The maximum Gasteiger partial charge on any atom is 0.0664 e. The fourth-order valence-electron chi connectivity index (χ4n) is 2.20. The number of methoxy groups -OCH3 is 1. The van der Waals surface area contributed by atoms with Gasteiger partial charge in [-0.2, -0.15) is 0 Å². The van der Waals surface area contributed by atoms with Gasteiger partial charge in [-0.25, -0.2) is 0 Å². The third-order valence-corrected chi connectivity index (χ3v) is 3.37. The fourth-order valence-corrected chi connectivity index (χ4v) is 2.48. The maximum atomic E-state index is 6.20. The lowest BCUT2D eigenvalue weighted by atomic mass is 9.89. The zero-order chi connectivity index (χ0) is 10.7. The van der Waals surface area contributed by atoms with Gasteiger partial charge in [-0.15, -0.1) is 0 Å². The molecule has 0 bridgehead atoms. The minimum atomic E-state index is 0.283. The summed E-state index contributed by atoms with van der Waals surface area (Å²) in [5.74, 6) is 0.373. The van der Waals surface area contributed by atoms with E-state index in [1.54, 1.807) is 7.11 Å². The average Bonchev–Trinajstić information content (AvgIpc) is 2.30. The molecule has 1 heterocycles. The summed E-state index contributed by atoms with van der Waals surface area (Å²) in [5, 5.41) is 4.23. The summed E-state index contributed by atoms with van der Waals surface area (Å²) in [6.07, 6.45) is 1.33. The summed E-state index contributed by atoms with van der Waals surface area (Å²) >= 11 is 6.20. The van der Waals surface area contributed by atoms with Crippen LogP contribution in [-0.2, 0) is 4.74 Å². The van der Waals surface area contributed by atoms with Crippen molar-refractivity contribution in [3.8, 4) is 0 Å². The van der Waals surface area contributed by atoms with Crippen LogP contribution in [0.3, 0.4) is 0 Å². The molecule has 0 spiro atoms.